The summed E-state index contributed by atoms with van der Waals surface area (Å²) in [5.41, 5.74) is 7.98. The molecule has 180 valence electrons. The number of allylic oxidation sites excluding steroid dienone is 3. The molecule has 4 rings (SSSR count). The van der Waals surface area contributed by atoms with Crippen molar-refractivity contribution in [2.45, 2.75) is 32.6 Å². The molecule has 0 radical (unpaired) electrons. The van der Waals surface area contributed by atoms with E-state index in [0.29, 0.717) is 28.9 Å². The number of carbonyl (C=O) groups is 1. The maximum absolute atomic E-state index is 13.6. The van der Waals surface area contributed by atoms with E-state index in [4.69, 9.17) is 22.1 Å². The van der Waals surface area contributed by atoms with Crippen LogP contribution in [0.3, 0.4) is 0 Å². The third-order valence-corrected chi connectivity index (χ3v) is 6.60. The van der Waals surface area contributed by atoms with Crippen molar-refractivity contribution >= 4 is 28.8 Å². The van der Waals surface area contributed by atoms with E-state index in [9.17, 15) is 25.3 Å². The van der Waals surface area contributed by atoms with Crippen molar-refractivity contribution in [1.82, 2.24) is 0 Å². The summed E-state index contributed by atoms with van der Waals surface area (Å²) in [6.07, 6.45) is 0.713. The number of anilines is 1. The van der Waals surface area contributed by atoms with Gasteiger partial charge in [0, 0.05) is 29.8 Å². The number of nitro benzene ring substituents is 1. The molecular formula is C25H23ClN4O5. The van der Waals surface area contributed by atoms with E-state index in [1.807, 2.05) is 13.8 Å². The lowest BCUT2D eigenvalue weighted by Gasteiger charge is -2.44. The van der Waals surface area contributed by atoms with Crippen LogP contribution in [0.5, 0.6) is 11.5 Å². The molecule has 9 nitrogen and oxygen atoms in total. The molecule has 1 aliphatic heterocycles. The van der Waals surface area contributed by atoms with Crippen molar-refractivity contribution in [3.05, 3.63) is 79.8 Å². The van der Waals surface area contributed by atoms with E-state index in [2.05, 4.69) is 6.07 Å². The highest BCUT2D eigenvalue weighted by Gasteiger charge is 2.45. The van der Waals surface area contributed by atoms with Gasteiger partial charge in [0.05, 0.1) is 40.3 Å². The fourth-order valence-corrected chi connectivity index (χ4v) is 5.04. The predicted molar refractivity (Wildman–Crippen MR) is 130 cm³/mol. The van der Waals surface area contributed by atoms with E-state index in [-0.39, 0.29) is 45.8 Å². The van der Waals surface area contributed by atoms with Crippen molar-refractivity contribution < 1.29 is 19.6 Å². The molecule has 0 aromatic heterocycles. The highest BCUT2D eigenvalue weighted by molar-refractivity contribution is 6.33. The first-order valence-electron chi connectivity index (χ1n) is 10.8. The molecule has 0 bridgehead atoms. The van der Waals surface area contributed by atoms with Crippen molar-refractivity contribution in [3.8, 4) is 17.6 Å². The summed E-state index contributed by atoms with van der Waals surface area (Å²) >= 11 is 6.45. The SMILES string of the molecule is COc1cc(C2C(C#N)=C(N)N(c3ccc([N+](=O)[O-])cc3Cl)C3=C2C(=O)CC(C)(C)C3)ccc1O. The molecule has 10 heteroatoms. The van der Waals surface area contributed by atoms with Crippen LogP contribution >= 0.6 is 11.6 Å². The Morgan fingerprint density at radius 2 is 2.00 bits per heavy atom. The predicted octanol–water partition coefficient (Wildman–Crippen LogP) is 4.90. The van der Waals surface area contributed by atoms with Crippen LogP contribution in [0.4, 0.5) is 11.4 Å². The summed E-state index contributed by atoms with van der Waals surface area (Å²) in [5, 5.41) is 31.5. The molecule has 1 heterocycles. The van der Waals surface area contributed by atoms with Crippen molar-refractivity contribution in [1.29, 1.82) is 5.26 Å². The molecule has 1 aliphatic carbocycles. The highest BCUT2D eigenvalue weighted by atomic mass is 35.5. The maximum atomic E-state index is 13.6. The van der Waals surface area contributed by atoms with Crippen LogP contribution in [0.2, 0.25) is 5.02 Å². The minimum absolute atomic E-state index is 0.0619. The Morgan fingerprint density at radius 3 is 2.60 bits per heavy atom. The van der Waals surface area contributed by atoms with Crippen LogP contribution < -0.4 is 15.4 Å². The first-order valence-corrected chi connectivity index (χ1v) is 11.1. The number of phenolic OH excluding ortho intramolecular Hbond substituents is 1. The summed E-state index contributed by atoms with van der Waals surface area (Å²) in [6, 6.07) is 10.8. The molecular weight excluding hydrogens is 472 g/mol. The van der Waals surface area contributed by atoms with Crippen LogP contribution in [0.25, 0.3) is 0 Å². The van der Waals surface area contributed by atoms with Gasteiger partial charge in [-0.15, -0.1) is 0 Å². The number of nitro groups is 1. The number of nitriles is 1. The first kappa shape index (κ1) is 24.1. The van der Waals surface area contributed by atoms with E-state index < -0.39 is 16.3 Å². The number of nitrogens with two attached hydrogens (primary N) is 1. The van der Waals surface area contributed by atoms with Crippen LogP contribution in [0.15, 0.2) is 59.1 Å². The number of hydrogen-bond donors (Lipinski definition) is 2. The van der Waals surface area contributed by atoms with Gasteiger partial charge in [-0.25, -0.2) is 0 Å². The zero-order valence-corrected chi connectivity index (χ0v) is 20.1. The van der Waals surface area contributed by atoms with Gasteiger partial charge in [-0.3, -0.25) is 19.8 Å². The van der Waals surface area contributed by atoms with Crippen LogP contribution in [-0.2, 0) is 4.79 Å². The lowest BCUT2D eigenvalue weighted by atomic mass is 9.68. The number of non-ortho nitro benzene ring substituents is 1. The largest absolute Gasteiger partial charge is 0.504 e. The zero-order valence-electron chi connectivity index (χ0n) is 19.3. The van der Waals surface area contributed by atoms with Crippen LogP contribution in [0, 0.1) is 26.9 Å². The van der Waals surface area contributed by atoms with Gasteiger partial charge in [-0.1, -0.05) is 31.5 Å². The number of halogens is 1. The Morgan fingerprint density at radius 1 is 1.29 bits per heavy atom. The van der Waals surface area contributed by atoms with Gasteiger partial charge in [0.25, 0.3) is 5.69 Å². The average Bonchev–Trinajstić information content (AvgIpc) is 2.78. The van der Waals surface area contributed by atoms with Gasteiger partial charge in [0.1, 0.15) is 5.82 Å². The molecule has 2 aliphatic rings. The number of carbonyl (C=O) groups excluding carboxylic acids is 1. The Labute approximate surface area is 206 Å². The van der Waals surface area contributed by atoms with Crippen molar-refractivity contribution in [3.63, 3.8) is 0 Å². The lowest BCUT2D eigenvalue weighted by molar-refractivity contribution is -0.384. The van der Waals surface area contributed by atoms with Crippen molar-refractivity contribution in [2.75, 3.05) is 12.0 Å². The number of nitrogens with zero attached hydrogens (tertiary/aromatic N) is 3. The molecule has 0 spiro atoms. The molecule has 35 heavy (non-hydrogen) atoms. The molecule has 2 aromatic rings. The molecule has 0 saturated carbocycles. The molecule has 1 unspecified atom stereocenters. The summed E-state index contributed by atoms with van der Waals surface area (Å²) in [5.74, 6) is -0.723. The lowest BCUT2D eigenvalue weighted by Crippen LogP contribution is -2.42. The maximum Gasteiger partial charge on any atom is 0.271 e. The average molecular weight is 495 g/mol. The molecule has 1 atom stereocenters. The summed E-state index contributed by atoms with van der Waals surface area (Å²) in [6.45, 7) is 3.92. The molecule has 0 saturated heterocycles. The fraction of sp³-hybridized carbons (Fsp3) is 0.280. The number of benzene rings is 2. The number of methoxy groups -OCH3 is 1. The second-order valence-electron chi connectivity index (χ2n) is 9.30. The monoisotopic (exact) mass is 494 g/mol. The second kappa shape index (κ2) is 8.64. The Balaban J connectivity index is 2.00. The topological polar surface area (TPSA) is 143 Å². The van der Waals surface area contributed by atoms with Gasteiger partial charge in [-0.2, -0.15) is 5.26 Å². The van der Waals surface area contributed by atoms with Crippen LogP contribution in [-0.4, -0.2) is 22.9 Å². The van der Waals surface area contributed by atoms with Gasteiger partial charge in [0.15, 0.2) is 17.3 Å². The number of ketones is 1. The molecule has 0 fully saturated rings. The molecule has 0 amide bonds. The minimum Gasteiger partial charge on any atom is -0.504 e. The van der Waals surface area contributed by atoms with Gasteiger partial charge in [-0.05, 0) is 35.6 Å². The molecule has 2 aromatic carbocycles. The summed E-state index contributed by atoms with van der Waals surface area (Å²) in [4.78, 5) is 25.8. The number of Topliss-reactive ketones (excluding diaryl/α,β-unsaturated/α-hetero) is 1. The Hall–Kier alpha value is -4.03. The van der Waals surface area contributed by atoms with Crippen LogP contribution in [0.1, 0.15) is 38.2 Å². The Kier molecular flexibility index (Phi) is 5.95. The zero-order chi connectivity index (χ0) is 25.7. The van der Waals surface area contributed by atoms with Crippen molar-refractivity contribution in [2.24, 2.45) is 11.1 Å². The number of phenols is 1. The third-order valence-electron chi connectivity index (χ3n) is 6.30. The molecule has 3 N–H and O–H groups in total. The Bertz CT molecular complexity index is 1370. The number of aromatic hydroxyl groups is 1. The van der Waals surface area contributed by atoms with E-state index in [1.54, 1.807) is 17.0 Å². The van der Waals surface area contributed by atoms with Gasteiger partial charge >= 0.3 is 0 Å². The summed E-state index contributed by atoms with van der Waals surface area (Å²) in [7, 11) is 1.41. The van der Waals surface area contributed by atoms with E-state index >= 15 is 0 Å². The second-order valence-corrected chi connectivity index (χ2v) is 9.71. The number of rotatable bonds is 4. The van der Waals surface area contributed by atoms with E-state index in [0.717, 1.165) is 0 Å². The third kappa shape index (κ3) is 4.06. The number of hydrogen-bond acceptors (Lipinski definition) is 8. The normalized spacial score (nSPS) is 19.3. The number of ether oxygens (including phenoxy) is 1. The highest BCUT2D eigenvalue weighted by Crippen LogP contribution is 2.51. The van der Waals surface area contributed by atoms with Gasteiger partial charge < -0.3 is 15.6 Å². The quantitative estimate of drug-likeness (QED) is 0.451. The standard InChI is InChI=1S/C25H23ClN4O5/c1-25(2)10-18-23(20(32)11-25)22(13-4-7-19(31)21(8-13)35-3)15(12-27)24(28)29(18)17-6-5-14(30(33)34)9-16(17)26/h4-9,22,31H,10-11,28H2,1-3H3. The van der Waals surface area contributed by atoms with Gasteiger partial charge in [0.2, 0.25) is 0 Å². The van der Waals surface area contributed by atoms with E-state index in [1.165, 1.54) is 31.4 Å². The summed E-state index contributed by atoms with van der Waals surface area (Å²) < 4.78 is 5.24. The smallest absolute Gasteiger partial charge is 0.271 e. The fourth-order valence-electron chi connectivity index (χ4n) is 4.78. The minimum atomic E-state index is -0.777. The first-order chi connectivity index (χ1) is 16.5.